The van der Waals surface area contributed by atoms with Crippen LogP contribution in [0.5, 0.6) is 0 Å². The number of aliphatic hydroxyl groups excluding tert-OH is 1. The van der Waals surface area contributed by atoms with Crippen molar-refractivity contribution in [2.45, 2.75) is 6.04 Å². The van der Waals surface area contributed by atoms with Crippen molar-refractivity contribution in [3.63, 3.8) is 0 Å². The van der Waals surface area contributed by atoms with Gasteiger partial charge in [0.05, 0.1) is 18.5 Å². The van der Waals surface area contributed by atoms with Crippen LogP contribution in [0.4, 0.5) is 0 Å². The molecule has 1 unspecified atom stereocenters. The van der Waals surface area contributed by atoms with Gasteiger partial charge in [0.2, 0.25) is 0 Å². The lowest BCUT2D eigenvalue weighted by Gasteiger charge is -2.27. The van der Waals surface area contributed by atoms with Gasteiger partial charge < -0.3 is 5.11 Å². The van der Waals surface area contributed by atoms with Crippen LogP contribution in [0.25, 0.3) is 0 Å². The second kappa shape index (κ2) is 6.65. The van der Waals surface area contributed by atoms with Crippen molar-refractivity contribution in [1.82, 2.24) is 4.90 Å². The van der Waals surface area contributed by atoms with E-state index in [0.29, 0.717) is 0 Å². The van der Waals surface area contributed by atoms with Crippen molar-refractivity contribution < 1.29 is 18.1 Å². The number of hydrogen-bond acceptors (Lipinski definition) is 4. The fourth-order valence-electron chi connectivity index (χ4n) is 1.68. The van der Waals surface area contributed by atoms with Crippen molar-refractivity contribution in [2.75, 3.05) is 19.0 Å². The molecule has 0 radical (unpaired) electrons. The molecule has 6 heteroatoms. The molecular weight excluding hydrogens is 254 g/mol. The van der Waals surface area contributed by atoms with Gasteiger partial charge in [-0.15, -0.1) is 6.58 Å². The average molecular weight is 271 g/mol. The van der Waals surface area contributed by atoms with Gasteiger partial charge in [0.1, 0.15) is 0 Å². The summed E-state index contributed by atoms with van der Waals surface area (Å²) in [5.41, 5.74) is 0.900. The van der Waals surface area contributed by atoms with Crippen molar-refractivity contribution in [3.05, 3.63) is 48.6 Å². The molecule has 1 atom stereocenters. The minimum Gasteiger partial charge on any atom is -0.381 e. The Labute approximate surface area is 107 Å². The smallest absolute Gasteiger partial charge is 0.266 e. The SMILES string of the molecule is C=CC(c1ccccc1)N(CO)CCS(=O)(=O)O. The van der Waals surface area contributed by atoms with Gasteiger partial charge in [-0.1, -0.05) is 36.4 Å². The van der Waals surface area contributed by atoms with Gasteiger partial charge in [-0.25, -0.2) is 0 Å². The van der Waals surface area contributed by atoms with Gasteiger partial charge in [-0.2, -0.15) is 8.42 Å². The lowest BCUT2D eigenvalue weighted by atomic mass is 10.1. The van der Waals surface area contributed by atoms with Gasteiger partial charge in [0, 0.05) is 6.54 Å². The minimum absolute atomic E-state index is 0.0287. The molecule has 0 saturated heterocycles. The van der Waals surface area contributed by atoms with Crippen LogP contribution in [-0.4, -0.2) is 42.0 Å². The van der Waals surface area contributed by atoms with Gasteiger partial charge >= 0.3 is 0 Å². The standard InChI is InChI=1S/C12H17NO4S/c1-2-12(11-6-4-3-5-7-11)13(10-14)8-9-18(15,16)17/h2-7,12,14H,1,8-10H2,(H,15,16,17). The van der Waals surface area contributed by atoms with E-state index in [1.54, 1.807) is 6.08 Å². The molecule has 18 heavy (non-hydrogen) atoms. The molecule has 0 aromatic heterocycles. The molecule has 5 nitrogen and oxygen atoms in total. The van der Waals surface area contributed by atoms with E-state index in [1.165, 1.54) is 4.90 Å². The summed E-state index contributed by atoms with van der Waals surface area (Å²) >= 11 is 0. The molecule has 0 aliphatic carbocycles. The normalized spacial score (nSPS) is 13.5. The van der Waals surface area contributed by atoms with Crippen LogP contribution in [0.1, 0.15) is 11.6 Å². The second-order valence-corrected chi connectivity index (χ2v) is 5.40. The van der Waals surface area contributed by atoms with Crippen molar-refractivity contribution >= 4 is 10.1 Å². The molecule has 0 aliphatic heterocycles. The van der Waals surface area contributed by atoms with Gasteiger partial charge in [-0.3, -0.25) is 9.45 Å². The van der Waals surface area contributed by atoms with Crippen molar-refractivity contribution in [1.29, 1.82) is 0 Å². The molecule has 2 N–H and O–H groups in total. The zero-order valence-electron chi connectivity index (χ0n) is 9.94. The van der Waals surface area contributed by atoms with Crippen LogP contribution in [0.2, 0.25) is 0 Å². The molecule has 0 spiro atoms. The number of rotatable bonds is 7. The molecule has 1 rings (SSSR count). The number of nitrogens with zero attached hydrogens (tertiary/aromatic N) is 1. The first-order valence-electron chi connectivity index (χ1n) is 5.45. The number of aliphatic hydroxyl groups is 1. The maximum Gasteiger partial charge on any atom is 0.266 e. The van der Waals surface area contributed by atoms with Gasteiger partial charge in [0.15, 0.2) is 0 Å². The highest BCUT2D eigenvalue weighted by molar-refractivity contribution is 7.85. The van der Waals surface area contributed by atoms with Crippen LogP contribution in [-0.2, 0) is 10.1 Å². The molecule has 0 aliphatic rings. The summed E-state index contributed by atoms with van der Waals surface area (Å²) in [6, 6.07) is 9.00. The molecule has 0 saturated carbocycles. The Bertz CT molecular complexity index is 472. The number of hydrogen-bond donors (Lipinski definition) is 2. The molecular formula is C12H17NO4S. The molecule has 0 heterocycles. The third-order valence-electron chi connectivity index (χ3n) is 2.58. The number of benzene rings is 1. The summed E-state index contributed by atoms with van der Waals surface area (Å²) < 4.78 is 30.2. The van der Waals surface area contributed by atoms with E-state index in [1.807, 2.05) is 30.3 Å². The average Bonchev–Trinajstić information content (AvgIpc) is 2.34. The molecule has 1 aromatic carbocycles. The van der Waals surface area contributed by atoms with Crippen molar-refractivity contribution in [3.8, 4) is 0 Å². The molecule has 100 valence electrons. The zero-order valence-corrected chi connectivity index (χ0v) is 10.8. The van der Waals surface area contributed by atoms with Crippen LogP contribution >= 0.6 is 0 Å². The summed E-state index contributed by atoms with van der Waals surface area (Å²) in [6.07, 6.45) is 1.62. The highest BCUT2D eigenvalue weighted by Crippen LogP contribution is 2.20. The van der Waals surface area contributed by atoms with E-state index < -0.39 is 15.9 Å². The van der Waals surface area contributed by atoms with E-state index in [4.69, 9.17) is 4.55 Å². The molecule has 0 amide bonds. The molecule has 0 bridgehead atoms. The largest absolute Gasteiger partial charge is 0.381 e. The van der Waals surface area contributed by atoms with E-state index in [-0.39, 0.29) is 19.3 Å². The van der Waals surface area contributed by atoms with Crippen LogP contribution in [0.3, 0.4) is 0 Å². The summed E-state index contributed by atoms with van der Waals surface area (Å²) in [6.45, 7) is 3.40. The van der Waals surface area contributed by atoms with Crippen LogP contribution < -0.4 is 0 Å². The maximum atomic E-state index is 10.7. The van der Waals surface area contributed by atoms with Crippen LogP contribution in [0, 0.1) is 0 Å². The van der Waals surface area contributed by atoms with Crippen molar-refractivity contribution in [2.24, 2.45) is 0 Å². The summed E-state index contributed by atoms with van der Waals surface area (Å²) in [4.78, 5) is 1.51. The first kappa shape index (κ1) is 14.8. The van der Waals surface area contributed by atoms with E-state index in [9.17, 15) is 13.5 Å². The third kappa shape index (κ3) is 4.58. The topological polar surface area (TPSA) is 77.8 Å². The molecule has 0 fully saturated rings. The summed E-state index contributed by atoms with van der Waals surface area (Å²) in [7, 11) is -4.04. The Morgan fingerprint density at radius 3 is 2.39 bits per heavy atom. The summed E-state index contributed by atoms with van der Waals surface area (Å²) in [5.74, 6) is -0.426. The summed E-state index contributed by atoms with van der Waals surface area (Å²) in [5, 5.41) is 9.29. The Morgan fingerprint density at radius 1 is 1.33 bits per heavy atom. The van der Waals surface area contributed by atoms with E-state index in [2.05, 4.69) is 6.58 Å². The molecule has 1 aromatic rings. The first-order chi connectivity index (χ1) is 8.48. The lowest BCUT2D eigenvalue weighted by molar-refractivity contribution is 0.0897. The Balaban J connectivity index is 2.82. The Morgan fingerprint density at radius 2 is 1.94 bits per heavy atom. The van der Waals surface area contributed by atoms with Gasteiger partial charge in [-0.05, 0) is 5.56 Å². The van der Waals surface area contributed by atoms with Crippen LogP contribution in [0.15, 0.2) is 43.0 Å². The maximum absolute atomic E-state index is 10.7. The predicted molar refractivity (Wildman–Crippen MR) is 69.6 cm³/mol. The minimum atomic E-state index is -4.04. The third-order valence-corrected chi connectivity index (χ3v) is 3.27. The highest BCUT2D eigenvalue weighted by Gasteiger charge is 2.18. The lowest BCUT2D eigenvalue weighted by Crippen LogP contribution is -2.33. The quantitative estimate of drug-likeness (QED) is 0.440. The first-order valence-corrected chi connectivity index (χ1v) is 7.06. The van der Waals surface area contributed by atoms with Gasteiger partial charge in [0.25, 0.3) is 10.1 Å². The fraction of sp³-hybridized carbons (Fsp3) is 0.333. The Hall–Kier alpha value is -1.21. The highest BCUT2D eigenvalue weighted by atomic mass is 32.2. The Kier molecular flexibility index (Phi) is 5.49. The monoisotopic (exact) mass is 271 g/mol. The second-order valence-electron chi connectivity index (χ2n) is 3.83. The zero-order chi connectivity index (χ0) is 13.6. The fourth-order valence-corrected chi connectivity index (χ4v) is 2.14. The van der Waals surface area contributed by atoms with E-state index in [0.717, 1.165) is 5.56 Å². The predicted octanol–water partition coefficient (Wildman–Crippen LogP) is 1.05. The van der Waals surface area contributed by atoms with E-state index >= 15 is 0 Å².